The van der Waals surface area contributed by atoms with Crippen molar-refractivity contribution in [3.63, 3.8) is 0 Å². The molecule has 0 spiro atoms. The van der Waals surface area contributed by atoms with Crippen molar-refractivity contribution in [2.24, 2.45) is 0 Å². The molecule has 2 atom stereocenters. The van der Waals surface area contributed by atoms with E-state index in [1.54, 1.807) is 36.6 Å². The third kappa shape index (κ3) is 2.08. The van der Waals surface area contributed by atoms with Crippen molar-refractivity contribution in [3.8, 4) is 0 Å². The molecular weight excluding hydrogens is 265 g/mol. The fourth-order valence-corrected chi connectivity index (χ4v) is 5.33. The summed E-state index contributed by atoms with van der Waals surface area (Å²) in [6, 6.07) is 8.30. The smallest absolute Gasteiger partial charge is 0.169 e. The molecule has 94 valence electrons. The van der Waals surface area contributed by atoms with Crippen LogP contribution >= 0.6 is 23.5 Å². The first-order chi connectivity index (χ1) is 8.02. The van der Waals surface area contributed by atoms with E-state index in [-0.39, 0.29) is 0 Å². The summed E-state index contributed by atoms with van der Waals surface area (Å²) in [5.74, 6) is 0.569. The standard InChI is InChI=1S/C12H13F3S2/c1-16-10-7-8-17-11(10,12(13,14)15)9-5-3-2-4-6-9/h2-6,10H,7-8H2,1H3. The Bertz CT molecular complexity index is 377. The van der Waals surface area contributed by atoms with Gasteiger partial charge in [0.05, 0.1) is 0 Å². The number of rotatable bonds is 2. The third-order valence-corrected chi connectivity index (χ3v) is 6.03. The van der Waals surface area contributed by atoms with Gasteiger partial charge in [-0.3, -0.25) is 0 Å². The molecular formula is C12H13F3S2. The Morgan fingerprint density at radius 1 is 1.29 bits per heavy atom. The molecule has 0 aliphatic carbocycles. The molecule has 0 radical (unpaired) electrons. The molecule has 0 bridgehead atoms. The second kappa shape index (κ2) is 4.76. The first-order valence-electron chi connectivity index (χ1n) is 5.31. The van der Waals surface area contributed by atoms with Crippen LogP contribution in [0.25, 0.3) is 0 Å². The predicted octanol–water partition coefficient (Wildman–Crippen LogP) is 4.31. The quantitative estimate of drug-likeness (QED) is 0.790. The lowest BCUT2D eigenvalue weighted by Gasteiger charge is -2.36. The summed E-state index contributed by atoms with van der Waals surface area (Å²) in [6.45, 7) is 0. The van der Waals surface area contributed by atoms with Gasteiger partial charge in [0.1, 0.15) is 4.75 Å². The first kappa shape index (κ1) is 13.1. The molecule has 0 N–H and O–H groups in total. The van der Waals surface area contributed by atoms with Gasteiger partial charge < -0.3 is 0 Å². The molecule has 1 aliphatic rings. The first-order valence-corrected chi connectivity index (χ1v) is 7.58. The summed E-state index contributed by atoms with van der Waals surface area (Å²) in [6.07, 6.45) is -1.83. The van der Waals surface area contributed by atoms with E-state index in [9.17, 15) is 13.2 Å². The molecule has 0 aromatic heterocycles. The topological polar surface area (TPSA) is 0 Å². The highest BCUT2D eigenvalue weighted by molar-refractivity contribution is 8.04. The van der Waals surface area contributed by atoms with Crippen LogP contribution < -0.4 is 0 Å². The number of hydrogen-bond acceptors (Lipinski definition) is 2. The van der Waals surface area contributed by atoms with Crippen molar-refractivity contribution in [1.82, 2.24) is 0 Å². The van der Waals surface area contributed by atoms with Crippen LogP contribution in [0.2, 0.25) is 0 Å². The molecule has 1 saturated heterocycles. The maximum absolute atomic E-state index is 13.5. The van der Waals surface area contributed by atoms with Crippen LogP contribution in [0, 0.1) is 0 Å². The van der Waals surface area contributed by atoms with Gasteiger partial charge >= 0.3 is 6.18 Å². The molecule has 0 saturated carbocycles. The van der Waals surface area contributed by atoms with Gasteiger partial charge in [-0.05, 0) is 24.0 Å². The summed E-state index contributed by atoms with van der Waals surface area (Å²) in [5.41, 5.74) is 0.384. The van der Waals surface area contributed by atoms with E-state index in [0.717, 1.165) is 11.8 Å². The Kier molecular flexibility index (Phi) is 3.69. The maximum Gasteiger partial charge on any atom is 0.408 e. The average molecular weight is 278 g/mol. The van der Waals surface area contributed by atoms with E-state index in [4.69, 9.17) is 0 Å². The van der Waals surface area contributed by atoms with Crippen molar-refractivity contribution in [2.45, 2.75) is 22.6 Å². The highest BCUT2D eigenvalue weighted by atomic mass is 32.2. The average Bonchev–Trinajstić information content (AvgIpc) is 2.74. The SMILES string of the molecule is CSC1CCSC1(c1ccccc1)C(F)(F)F. The van der Waals surface area contributed by atoms with Gasteiger partial charge in [-0.15, -0.1) is 11.8 Å². The number of hydrogen-bond donors (Lipinski definition) is 0. The summed E-state index contributed by atoms with van der Waals surface area (Å²) < 4.78 is 38.8. The van der Waals surface area contributed by atoms with Crippen LogP contribution in [0.4, 0.5) is 13.2 Å². The summed E-state index contributed by atoms with van der Waals surface area (Å²) in [4.78, 5) is 0. The normalized spacial score (nSPS) is 29.5. The van der Waals surface area contributed by atoms with E-state index < -0.39 is 16.2 Å². The molecule has 5 heteroatoms. The fraction of sp³-hybridized carbons (Fsp3) is 0.500. The minimum absolute atomic E-state index is 0.384. The van der Waals surface area contributed by atoms with E-state index in [2.05, 4.69) is 0 Å². The molecule has 17 heavy (non-hydrogen) atoms. The third-order valence-electron chi connectivity index (χ3n) is 3.07. The van der Waals surface area contributed by atoms with Crippen molar-refractivity contribution >= 4 is 23.5 Å². The van der Waals surface area contributed by atoms with E-state index >= 15 is 0 Å². The van der Waals surface area contributed by atoms with Crippen LogP contribution in [0.15, 0.2) is 30.3 Å². The molecule has 0 amide bonds. The summed E-state index contributed by atoms with van der Waals surface area (Å²) >= 11 is 2.36. The summed E-state index contributed by atoms with van der Waals surface area (Å²) in [7, 11) is 0. The van der Waals surface area contributed by atoms with E-state index in [1.807, 2.05) is 0 Å². The maximum atomic E-state index is 13.5. The number of thioether (sulfide) groups is 2. The van der Waals surface area contributed by atoms with Gasteiger partial charge in [0.25, 0.3) is 0 Å². The molecule has 1 heterocycles. The fourth-order valence-electron chi connectivity index (χ4n) is 2.29. The second-order valence-corrected chi connectivity index (χ2v) is 6.34. The lowest BCUT2D eigenvalue weighted by atomic mass is 9.92. The Morgan fingerprint density at radius 2 is 1.94 bits per heavy atom. The zero-order valence-electron chi connectivity index (χ0n) is 9.33. The molecule has 1 aliphatic heterocycles. The molecule has 1 aromatic rings. The highest BCUT2D eigenvalue weighted by Gasteiger charge is 2.62. The number of halogens is 3. The van der Waals surface area contributed by atoms with Crippen LogP contribution in [-0.4, -0.2) is 23.4 Å². The zero-order chi connectivity index (χ0) is 12.5. The summed E-state index contributed by atoms with van der Waals surface area (Å²) in [5, 5.41) is -0.394. The van der Waals surface area contributed by atoms with Crippen LogP contribution in [-0.2, 0) is 4.75 Å². The highest BCUT2D eigenvalue weighted by Crippen LogP contribution is 2.59. The van der Waals surface area contributed by atoms with Crippen molar-refractivity contribution in [1.29, 1.82) is 0 Å². The Morgan fingerprint density at radius 3 is 2.47 bits per heavy atom. The van der Waals surface area contributed by atoms with E-state index in [1.165, 1.54) is 11.8 Å². The van der Waals surface area contributed by atoms with Gasteiger partial charge in [-0.1, -0.05) is 30.3 Å². The molecule has 2 rings (SSSR count). The van der Waals surface area contributed by atoms with Gasteiger partial charge in [-0.2, -0.15) is 24.9 Å². The largest absolute Gasteiger partial charge is 0.408 e. The second-order valence-electron chi connectivity index (χ2n) is 3.96. The minimum atomic E-state index is -4.21. The van der Waals surface area contributed by atoms with Gasteiger partial charge in [0, 0.05) is 5.25 Å². The molecule has 0 nitrogen and oxygen atoms in total. The lowest BCUT2D eigenvalue weighted by Crippen LogP contribution is -2.44. The van der Waals surface area contributed by atoms with Crippen molar-refractivity contribution in [2.75, 3.05) is 12.0 Å². The Labute approximate surface area is 107 Å². The van der Waals surface area contributed by atoms with Crippen LogP contribution in [0.5, 0.6) is 0 Å². The van der Waals surface area contributed by atoms with E-state index in [0.29, 0.717) is 17.7 Å². The number of alkyl halides is 3. The monoisotopic (exact) mass is 278 g/mol. The lowest BCUT2D eigenvalue weighted by molar-refractivity contribution is -0.160. The molecule has 1 aromatic carbocycles. The Balaban J connectivity index is 2.52. The molecule has 2 unspecified atom stereocenters. The van der Waals surface area contributed by atoms with Gasteiger partial charge in [0.15, 0.2) is 0 Å². The van der Waals surface area contributed by atoms with Crippen molar-refractivity contribution in [3.05, 3.63) is 35.9 Å². The minimum Gasteiger partial charge on any atom is -0.169 e. The Hall–Kier alpha value is -0.290. The van der Waals surface area contributed by atoms with Crippen molar-refractivity contribution < 1.29 is 13.2 Å². The van der Waals surface area contributed by atoms with Gasteiger partial charge in [-0.25, -0.2) is 0 Å². The predicted molar refractivity (Wildman–Crippen MR) is 68.6 cm³/mol. The van der Waals surface area contributed by atoms with Crippen LogP contribution in [0.3, 0.4) is 0 Å². The number of benzene rings is 1. The zero-order valence-corrected chi connectivity index (χ0v) is 11.0. The van der Waals surface area contributed by atoms with Crippen LogP contribution in [0.1, 0.15) is 12.0 Å². The molecule has 1 fully saturated rings. The van der Waals surface area contributed by atoms with Gasteiger partial charge in [0.2, 0.25) is 0 Å².